The van der Waals surface area contributed by atoms with Crippen LogP contribution in [0, 0.1) is 0 Å². The zero-order valence-electron chi connectivity index (χ0n) is 11.8. The Kier molecular flexibility index (Phi) is 6.00. The van der Waals surface area contributed by atoms with Crippen LogP contribution in [0.4, 0.5) is 0 Å². The summed E-state index contributed by atoms with van der Waals surface area (Å²) >= 11 is 9.39. The van der Waals surface area contributed by atoms with E-state index in [1.807, 2.05) is 18.2 Å². The highest BCUT2D eigenvalue weighted by molar-refractivity contribution is 9.10. The summed E-state index contributed by atoms with van der Waals surface area (Å²) in [6, 6.07) is 13.6. The minimum Gasteiger partial charge on any atom is -0.375 e. The van der Waals surface area contributed by atoms with Crippen molar-refractivity contribution in [3.8, 4) is 0 Å². The van der Waals surface area contributed by atoms with Gasteiger partial charge in [0, 0.05) is 28.7 Å². The fourth-order valence-electron chi connectivity index (χ4n) is 1.94. The first-order chi connectivity index (χ1) is 10.4. The third-order valence-electron chi connectivity index (χ3n) is 3.12. The van der Waals surface area contributed by atoms with E-state index in [1.165, 1.54) is 19.2 Å². The maximum Gasteiger partial charge on any atom is 0.240 e. The summed E-state index contributed by atoms with van der Waals surface area (Å²) < 4.78 is 33.2. The van der Waals surface area contributed by atoms with Crippen molar-refractivity contribution in [2.45, 2.75) is 11.0 Å². The maximum atomic E-state index is 12.3. The van der Waals surface area contributed by atoms with Crippen LogP contribution in [0.5, 0.6) is 0 Å². The van der Waals surface area contributed by atoms with Crippen LogP contribution in [0.25, 0.3) is 0 Å². The minimum atomic E-state index is -3.60. The Hall–Kier alpha value is -0.920. The van der Waals surface area contributed by atoms with Gasteiger partial charge in [0.2, 0.25) is 10.0 Å². The highest BCUT2D eigenvalue weighted by Crippen LogP contribution is 2.25. The van der Waals surface area contributed by atoms with Crippen molar-refractivity contribution in [2.75, 3.05) is 13.7 Å². The maximum absolute atomic E-state index is 12.3. The fraction of sp³-hybridized carbons (Fsp3) is 0.200. The van der Waals surface area contributed by atoms with Gasteiger partial charge in [-0.3, -0.25) is 0 Å². The van der Waals surface area contributed by atoms with Crippen LogP contribution in [0.3, 0.4) is 0 Å². The second kappa shape index (κ2) is 7.57. The van der Waals surface area contributed by atoms with Gasteiger partial charge in [0.05, 0.1) is 11.0 Å². The predicted octanol–water partition coefficient (Wildman–Crippen LogP) is 3.77. The van der Waals surface area contributed by atoms with Crippen LogP contribution in [0.15, 0.2) is 57.9 Å². The summed E-state index contributed by atoms with van der Waals surface area (Å²) in [4.78, 5) is 0.199. The van der Waals surface area contributed by atoms with Gasteiger partial charge < -0.3 is 4.74 Å². The van der Waals surface area contributed by atoms with E-state index < -0.39 is 16.1 Å². The number of benzene rings is 2. The van der Waals surface area contributed by atoms with Crippen molar-refractivity contribution in [3.05, 3.63) is 63.6 Å². The second-order valence-corrected chi connectivity index (χ2v) is 7.64. The van der Waals surface area contributed by atoms with E-state index in [0.29, 0.717) is 5.02 Å². The first kappa shape index (κ1) is 17.4. The molecule has 0 amide bonds. The number of rotatable bonds is 6. The summed E-state index contributed by atoms with van der Waals surface area (Å²) in [5, 5.41) is 0.539. The molecule has 0 aromatic heterocycles. The Labute approximate surface area is 143 Å². The quantitative estimate of drug-likeness (QED) is 0.797. The lowest BCUT2D eigenvalue weighted by atomic mass is 10.1. The number of hydrogen-bond donors (Lipinski definition) is 1. The molecule has 2 rings (SSSR count). The largest absolute Gasteiger partial charge is 0.375 e. The van der Waals surface area contributed by atoms with Crippen molar-refractivity contribution < 1.29 is 13.2 Å². The van der Waals surface area contributed by atoms with Crippen molar-refractivity contribution in [1.82, 2.24) is 4.72 Å². The van der Waals surface area contributed by atoms with Gasteiger partial charge in [0.1, 0.15) is 0 Å². The van der Waals surface area contributed by atoms with Gasteiger partial charge in [-0.2, -0.15) is 0 Å². The molecular weight excluding hydrogens is 390 g/mol. The molecule has 0 bridgehead atoms. The van der Waals surface area contributed by atoms with Crippen LogP contribution in [-0.4, -0.2) is 22.1 Å². The molecule has 0 saturated carbocycles. The minimum absolute atomic E-state index is 0.0959. The lowest BCUT2D eigenvalue weighted by Crippen LogP contribution is -2.29. The molecule has 2 aromatic rings. The Morgan fingerprint density at radius 1 is 1.18 bits per heavy atom. The number of hydrogen-bond acceptors (Lipinski definition) is 3. The molecule has 1 N–H and O–H groups in total. The van der Waals surface area contributed by atoms with Gasteiger partial charge in [-0.25, -0.2) is 13.1 Å². The van der Waals surface area contributed by atoms with E-state index in [4.69, 9.17) is 16.3 Å². The number of methoxy groups -OCH3 is 1. The van der Waals surface area contributed by atoms with E-state index in [9.17, 15) is 8.42 Å². The molecule has 118 valence electrons. The monoisotopic (exact) mass is 403 g/mol. The first-order valence-corrected chi connectivity index (χ1v) is 9.12. The fourth-order valence-corrected chi connectivity index (χ4v) is 3.49. The normalized spacial score (nSPS) is 13.0. The lowest BCUT2D eigenvalue weighted by molar-refractivity contribution is 0.107. The Bertz CT molecular complexity index is 735. The average molecular weight is 405 g/mol. The standard InChI is InChI=1S/C15H15BrClNO3S/c1-21-15(13-4-2-3-5-14(13)17)10-18-22(19,20)12-8-6-11(16)7-9-12/h2-9,15,18H,10H2,1H3. The van der Waals surface area contributed by atoms with Gasteiger partial charge in [0.25, 0.3) is 0 Å². The van der Waals surface area contributed by atoms with E-state index >= 15 is 0 Å². The topological polar surface area (TPSA) is 55.4 Å². The Balaban J connectivity index is 2.13. The molecule has 2 aromatic carbocycles. The van der Waals surface area contributed by atoms with Crippen LogP contribution >= 0.6 is 27.5 Å². The molecule has 0 fully saturated rings. The molecule has 1 atom stereocenters. The van der Waals surface area contributed by atoms with E-state index in [0.717, 1.165) is 10.0 Å². The van der Waals surface area contributed by atoms with E-state index in [-0.39, 0.29) is 11.4 Å². The molecule has 1 unspecified atom stereocenters. The van der Waals surface area contributed by atoms with Crippen molar-refractivity contribution in [2.24, 2.45) is 0 Å². The number of halogens is 2. The number of nitrogens with one attached hydrogen (secondary N) is 1. The van der Waals surface area contributed by atoms with Gasteiger partial charge in [-0.1, -0.05) is 45.7 Å². The Morgan fingerprint density at radius 3 is 2.41 bits per heavy atom. The van der Waals surface area contributed by atoms with Crippen LogP contribution in [0.1, 0.15) is 11.7 Å². The highest BCUT2D eigenvalue weighted by atomic mass is 79.9. The lowest BCUT2D eigenvalue weighted by Gasteiger charge is -2.18. The SMILES string of the molecule is COC(CNS(=O)(=O)c1ccc(Br)cc1)c1ccccc1Cl. The third-order valence-corrected chi connectivity index (χ3v) is 5.43. The van der Waals surface area contributed by atoms with Crippen LogP contribution in [-0.2, 0) is 14.8 Å². The van der Waals surface area contributed by atoms with Gasteiger partial charge in [-0.15, -0.1) is 0 Å². The molecule has 0 radical (unpaired) electrons. The third kappa shape index (κ3) is 4.30. The second-order valence-electron chi connectivity index (χ2n) is 4.55. The zero-order chi connectivity index (χ0) is 16.2. The molecule has 0 spiro atoms. The summed E-state index contributed by atoms with van der Waals surface area (Å²) in [5.74, 6) is 0. The predicted molar refractivity (Wildman–Crippen MR) is 90.5 cm³/mol. The smallest absolute Gasteiger partial charge is 0.240 e. The Morgan fingerprint density at radius 2 is 1.82 bits per heavy atom. The molecule has 0 aliphatic carbocycles. The first-order valence-electron chi connectivity index (χ1n) is 6.46. The molecule has 4 nitrogen and oxygen atoms in total. The highest BCUT2D eigenvalue weighted by Gasteiger charge is 2.19. The summed E-state index contributed by atoms with van der Waals surface area (Å²) in [6.45, 7) is 0.0959. The molecule has 0 aliphatic heterocycles. The van der Waals surface area contributed by atoms with Crippen LogP contribution < -0.4 is 4.72 Å². The van der Waals surface area contributed by atoms with E-state index in [2.05, 4.69) is 20.7 Å². The number of sulfonamides is 1. The molecular formula is C15H15BrClNO3S. The summed E-state index contributed by atoms with van der Waals surface area (Å²) in [7, 11) is -2.08. The zero-order valence-corrected chi connectivity index (χ0v) is 15.0. The summed E-state index contributed by atoms with van der Waals surface area (Å²) in [6.07, 6.45) is -0.459. The molecule has 22 heavy (non-hydrogen) atoms. The van der Waals surface area contributed by atoms with Crippen LogP contribution in [0.2, 0.25) is 5.02 Å². The molecule has 7 heteroatoms. The van der Waals surface area contributed by atoms with Gasteiger partial charge in [0.15, 0.2) is 0 Å². The summed E-state index contributed by atoms with van der Waals surface area (Å²) in [5.41, 5.74) is 0.741. The van der Waals surface area contributed by atoms with E-state index in [1.54, 1.807) is 18.2 Å². The van der Waals surface area contributed by atoms with Crippen molar-refractivity contribution in [1.29, 1.82) is 0 Å². The van der Waals surface area contributed by atoms with Crippen molar-refractivity contribution in [3.63, 3.8) is 0 Å². The molecule has 0 saturated heterocycles. The van der Waals surface area contributed by atoms with Gasteiger partial charge in [-0.05, 0) is 30.3 Å². The van der Waals surface area contributed by atoms with Gasteiger partial charge >= 0.3 is 0 Å². The van der Waals surface area contributed by atoms with Crippen molar-refractivity contribution >= 4 is 37.6 Å². The molecule has 0 aliphatic rings. The average Bonchev–Trinajstić information content (AvgIpc) is 2.50. The number of ether oxygens (including phenoxy) is 1. The molecule has 0 heterocycles.